The molecule has 2 N–H and O–H groups in total. The van der Waals surface area contributed by atoms with Crippen molar-refractivity contribution in [2.75, 3.05) is 17.7 Å². The highest BCUT2D eigenvalue weighted by molar-refractivity contribution is 8.01. The molecule has 1 heterocycles. The number of thioether (sulfide) groups is 1. The Labute approximate surface area is 154 Å². The normalized spacial score (nSPS) is 10.4. The molecule has 2 amide bonds. The minimum Gasteiger partial charge on any atom is -0.450 e. The molecule has 2 aromatic rings. The van der Waals surface area contributed by atoms with Gasteiger partial charge in [0.05, 0.1) is 12.4 Å². The van der Waals surface area contributed by atoms with E-state index in [1.807, 2.05) is 19.1 Å². The Morgan fingerprint density at radius 3 is 2.80 bits per heavy atom. The lowest BCUT2D eigenvalue weighted by atomic mass is 10.1. The van der Waals surface area contributed by atoms with Crippen LogP contribution < -0.4 is 10.6 Å². The van der Waals surface area contributed by atoms with Gasteiger partial charge in [-0.05, 0) is 31.4 Å². The average molecular weight is 380 g/mol. The van der Waals surface area contributed by atoms with Crippen LogP contribution in [0.1, 0.15) is 25.0 Å². The van der Waals surface area contributed by atoms with E-state index in [0.29, 0.717) is 9.47 Å². The number of anilines is 2. The Hall–Kier alpha value is -2.13. The van der Waals surface area contributed by atoms with E-state index in [1.54, 1.807) is 6.92 Å². The number of carbonyl (C=O) groups is 2. The first-order valence-electron chi connectivity index (χ1n) is 7.81. The summed E-state index contributed by atoms with van der Waals surface area (Å²) >= 11 is 2.58. The Kier molecular flexibility index (Phi) is 7.20. The third kappa shape index (κ3) is 5.71. The molecule has 0 radical (unpaired) electrons. The van der Waals surface area contributed by atoms with Crippen LogP contribution in [0.25, 0.3) is 0 Å². The smallest absolute Gasteiger partial charge is 0.413 e. The van der Waals surface area contributed by atoms with Crippen LogP contribution in [0.2, 0.25) is 0 Å². The van der Waals surface area contributed by atoms with Crippen molar-refractivity contribution in [2.24, 2.45) is 0 Å². The second-order valence-corrected chi connectivity index (χ2v) is 7.22. The largest absolute Gasteiger partial charge is 0.450 e. The fraction of sp³-hybridized carbons (Fsp3) is 0.375. The third-order valence-corrected chi connectivity index (χ3v) is 5.19. The van der Waals surface area contributed by atoms with Gasteiger partial charge in [0.15, 0.2) is 4.34 Å². The van der Waals surface area contributed by atoms with E-state index in [2.05, 4.69) is 38.6 Å². The van der Waals surface area contributed by atoms with Gasteiger partial charge in [-0.15, -0.1) is 10.2 Å². The minimum absolute atomic E-state index is 0.0675. The molecule has 1 aromatic carbocycles. The molecule has 0 aliphatic carbocycles. The van der Waals surface area contributed by atoms with Crippen molar-refractivity contribution in [3.63, 3.8) is 0 Å². The van der Waals surface area contributed by atoms with Crippen molar-refractivity contribution in [1.29, 1.82) is 0 Å². The van der Waals surface area contributed by atoms with Crippen molar-refractivity contribution in [3.8, 4) is 0 Å². The Bertz CT molecular complexity index is 749. The monoisotopic (exact) mass is 380 g/mol. The van der Waals surface area contributed by atoms with Crippen LogP contribution in [0.15, 0.2) is 22.5 Å². The SMILES string of the molecule is CCOC(=O)NC(=O)CSc1nnc(Nc2c(C)cccc2CC)s1. The molecule has 0 aliphatic rings. The van der Waals surface area contributed by atoms with E-state index < -0.39 is 12.0 Å². The number of hydrogen-bond acceptors (Lipinski definition) is 8. The summed E-state index contributed by atoms with van der Waals surface area (Å²) in [4.78, 5) is 22.8. The third-order valence-electron chi connectivity index (χ3n) is 3.22. The molecule has 9 heteroatoms. The topological polar surface area (TPSA) is 93.2 Å². The standard InChI is InChI=1S/C16H20N4O3S2/c1-4-11-8-6-7-10(3)13(11)18-14-19-20-16(25-14)24-9-12(21)17-15(22)23-5-2/h6-8H,4-5,9H2,1-3H3,(H,18,19)(H,17,21,22). The molecule has 134 valence electrons. The molecule has 1 aromatic heterocycles. The first-order valence-corrected chi connectivity index (χ1v) is 9.62. The molecule has 0 saturated carbocycles. The van der Waals surface area contributed by atoms with Crippen LogP contribution >= 0.6 is 23.1 Å². The molecular formula is C16H20N4O3S2. The highest BCUT2D eigenvalue weighted by atomic mass is 32.2. The van der Waals surface area contributed by atoms with Gasteiger partial charge in [-0.1, -0.05) is 48.2 Å². The van der Waals surface area contributed by atoms with Gasteiger partial charge in [-0.2, -0.15) is 0 Å². The number of benzene rings is 1. The summed E-state index contributed by atoms with van der Waals surface area (Å²) in [7, 11) is 0. The number of nitrogens with one attached hydrogen (secondary N) is 2. The summed E-state index contributed by atoms with van der Waals surface area (Å²) in [6, 6.07) is 6.15. The van der Waals surface area contributed by atoms with Gasteiger partial charge in [0, 0.05) is 5.69 Å². The molecule has 25 heavy (non-hydrogen) atoms. The van der Waals surface area contributed by atoms with Crippen LogP contribution in [-0.2, 0) is 16.0 Å². The van der Waals surface area contributed by atoms with Crippen molar-refractivity contribution >= 4 is 45.9 Å². The minimum atomic E-state index is -0.737. The Morgan fingerprint density at radius 1 is 1.28 bits per heavy atom. The van der Waals surface area contributed by atoms with E-state index >= 15 is 0 Å². The lowest BCUT2D eigenvalue weighted by molar-refractivity contribution is -0.117. The van der Waals surface area contributed by atoms with Crippen molar-refractivity contribution in [2.45, 2.75) is 31.5 Å². The lowest BCUT2D eigenvalue weighted by Crippen LogP contribution is -2.32. The van der Waals surface area contributed by atoms with Gasteiger partial charge in [0.2, 0.25) is 11.0 Å². The number of rotatable bonds is 7. The second-order valence-electron chi connectivity index (χ2n) is 5.02. The zero-order valence-electron chi connectivity index (χ0n) is 14.3. The van der Waals surface area contributed by atoms with Crippen LogP contribution in [-0.4, -0.2) is 34.6 Å². The zero-order valence-corrected chi connectivity index (χ0v) is 15.9. The van der Waals surface area contributed by atoms with E-state index in [4.69, 9.17) is 0 Å². The lowest BCUT2D eigenvalue weighted by Gasteiger charge is -2.11. The maximum Gasteiger partial charge on any atom is 0.413 e. The fourth-order valence-electron chi connectivity index (χ4n) is 2.07. The number of amides is 2. The number of aryl methyl sites for hydroxylation is 2. The number of imide groups is 1. The summed E-state index contributed by atoms with van der Waals surface area (Å²) < 4.78 is 5.30. The van der Waals surface area contributed by atoms with E-state index in [9.17, 15) is 9.59 Å². The highest BCUT2D eigenvalue weighted by Crippen LogP contribution is 2.30. The second kappa shape index (κ2) is 9.38. The summed E-state index contributed by atoms with van der Waals surface area (Å²) in [5.41, 5.74) is 3.38. The van der Waals surface area contributed by atoms with Gasteiger partial charge in [-0.25, -0.2) is 4.79 Å². The van der Waals surface area contributed by atoms with Crippen LogP contribution in [0.3, 0.4) is 0 Å². The molecule has 0 aliphatic heterocycles. The van der Waals surface area contributed by atoms with Gasteiger partial charge >= 0.3 is 6.09 Å². The summed E-state index contributed by atoms with van der Waals surface area (Å²) in [6.07, 6.45) is 0.178. The maximum atomic E-state index is 11.6. The van der Waals surface area contributed by atoms with E-state index in [1.165, 1.54) is 28.7 Å². The Balaban J connectivity index is 1.93. The van der Waals surface area contributed by atoms with Crippen LogP contribution in [0, 0.1) is 6.92 Å². The first kappa shape index (κ1) is 19.2. The number of para-hydroxylation sites is 1. The van der Waals surface area contributed by atoms with E-state index in [-0.39, 0.29) is 12.4 Å². The fourth-order valence-corrected chi connectivity index (χ4v) is 3.63. The first-order chi connectivity index (χ1) is 12.0. The van der Waals surface area contributed by atoms with Crippen molar-refractivity contribution < 1.29 is 14.3 Å². The highest BCUT2D eigenvalue weighted by Gasteiger charge is 2.12. The molecule has 2 rings (SSSR count). The zero-order chi connectivity index (χ0) is 18.2. The molecule has 0 saturated heterocycles. The van der Waals surface area contributed by atoms with Crippen LogP contribution in [0.5, 0.6) is 0 Å². The van der Waals surface area contributed by atoms with Gasteiger partial charge in [0.1, 0.15) is 0 Å². The summed E-state index contributed by atoms with van der Waals surface area (Å²) in [5, 5.41) is 14.3. The average Bonchev–Trinajstić information content (AvgIpc) is 3.02. The number of hydrogen-bond donors (Lipinski definition) is 2. The molecule has 0 atom stereocenters. The molecule has 0 fully saturated rings. The van der Waals surface area contributed by atoms with Crippen LogP contribution in [0.4, 0.5) is 15.6 Å². The predicted octanol–water partition coefficient (Wildman–Crippen LogP) is 3.52. The van der Waals surface area contributed by atoms with Crippen molar-refractivity contribution in [1.82, 2.24) is 15.5 Å². The molecule has 0 spiro atoms. The summed E-state index contributed by atoms with van der Waals surface area (Å²) in [6.45, 7) is 6.03. The number of alkyl carbamates (subject to hydrolysis) is 1. The summed E-state index contributed by atoms with van der Waals surface area (Å²) in [5.74, 6) is -0.363. The maximum absolute atomic E-state index is 11.6. The van der Waals surface area contributed by atoms with Crippen molar-refractivity contribution in [3.05, 3.63) is 29.3 Å². The molecule has 0 bridgehead atoms. The quantitative estimate of drug-likeness (QED) is 0.710. The number of aromatic nitrogens is 2. The molecule has 7 nitrogen and oxygen atoms in total. The Morgan fingerprint density at radius 2 is 2.08 bits per heavy atom. The van der Waals surface area contributed by atoms with Gasteiger partial charge in [-0.3, -0.25) is 10.1 Å². The molecular weight excluding hydrogens is 360 g/mol. The number of nitrogens with zero attached hydrogens (tertiary/aromatic N) is 2. The van der Waals surface area contributed by atoms with Gasteiger partial charge in [0.25, 0.3) is 0 Å². The van der Waals surface area contributed by atoms with E-state index in [0.717, 1.165) is 17.7 Å². The number of ether oxygens (including phenoxy) is 1. The number of carbonyl (C=O) groups excluding carboxylic acids is 2. The molecule has 0 unspecified atom stereocenters. The van der Waals surface area contributed by atoms with Gasteiger partial charge < -0.3 is 10.1 Å². The predicted molar refractivity (Wildman–Crippen MR) is 99.6 cm³/mol.